The maximum Gasteiger partial charge on any atom is 0.349 e. The second-order valence-electron chi connectivity index (χ2n) is 41.3. The highest BCUT2D eigenvalue weighted by Gasteiger charge is 2.67. The molecule has 8 aliphatic carbocycles. The van der Waals surface area contributed by atoms with E-state index in [1.165, 1.54) is 79.2 Å². The first kappa shape index (κ1) is 93.5. The third-order valence-corrected chi connectivity index (χ3v) is 30.3. The number of cyclic esters (lactones) is 4. The largest absolute Gasteiger partial charge is 0.477 e. The van der Waals surface area contributed by atoms with Crippen molar-refractivity contribution in [3.8, 4) is 0 Å². The van der Waals surface area contributed by atoms with Crippen molar-refractivity contribution in [1.29, 1.82) is 0 Å². The van der Waals surface area contributed by atoms with Gasteiger partial charge in [0.15, 0.2) is 5.88 Å². The predicted molar refractivity (Wildman–Crippen MR) is 507 cm³/mol. The Balaban J connectivity index is 0.000000127. The summed E-state index contributed by atoms with van der Waals surface area (Å²) < 4.78 is 56.3. The van der Waals surface area contributed by atoms with Crippen LogP contribution in [0.3, 0.4) is 0 Å². The lowest BCUT2D eigenvalue weighted by molar-refractivity contribution is -0.314. The second-order valence-corrected chi connectivity index (χ2v) is 41.3. The lowest BCUT2D eigenvalue weighted by Crippen LogP contribution is -2.63. The van der Waals surface area contributed by atoms with Crippen LogP contribution in [0.15, 0.2) is 233 Å². The maximum absolute atomic E-state index is 13.4. The molecule has 5 saturated heterocycles. The van der Waals surface area contributed by atoms with Gasteiger partial charge in [-0.05, 0) is 233 Å². The highest BCUT2D eigenvalue weighted by atomic mass is 16.8. The zero-order chi connectivity index (χ0) is 94.9. The summed E-state index contributed by atoms with van der Waals surface area (Å²) in [6, 6.07) is 45.8. The number of hydrogen-bond acceptors (Lipinski definition) is 23. The molecule has 6 aromatic rings. The first-order valence-electron chi connectivity index (χ1n) is 48.2. The Labute approximate surface area is 785 Å². The quantitative estimate of drug-likeness (QED) is 0.0356. The molecule has 704 valence electrons. The summed E-state index contributed by atoms with van der Waals surface area (Å²) in [5.41, 5.74) is 10.9. The van der Waals surface area contributed by atoms with Crippen LogP contribution in [0.5, 0.6) is 0 Å². The molecule has 23 nitrogen and oxygen atoms in total. The number of benzene rings is 6. The SMILES string of the molecule is CCCCN1/C(=C/C=C2C(=O)OC(C)(C)OC2=O)OCC1(C)C.CCCCN1/C(=C/C=C2C(=O)OC(C)(c3ccccc3)OC2=O)C(C)(C)c2ccccc21.CCCCN1/C(=C/C=C2C(=O)OC3(OC2=O)C2CC4CC(C2)CC3C4)C(C)(C)c2c1ccc1ccccc21.COC(=O)c1ccc(CN2/C(=C/C=C3C(=O)OC4(OC3=O)C3CC5CC(C3)CC4C5)C(C)(C)c3ccccc32)cc1. The molecule has 0 radical (unpaired) electrons. The third kappa shape index (κ3) is 17.4. The van der Waals surface area contributed by atoms with Crippen molar-refractivity contribution in [2.75, 3.05) is 48.1 Å². The van der Waals surface area contributed by atoms with E-state index in [-0.39, 0.29) is 73.7 Å². The molecule has 16 aliphatic rings. The van der Waals surface area contributed by atoms with Crippen LogP contribution in [0.2, 0.25) is 0 Å². The highest BCUT2D eigenvalue weighted by molar-refractivity contribution is 6.18. The molecule has 8 saturated carbocycles. The Morgan fingerprint density at radius 3 is 1.24 bits per heavy atom. The van der Waals surface area contributed by atoms with Crippen LogP contribution in [0.1, 0.15) is 238 Å². The van der Waals surface area contributed by atoms with Crippen LogP contribution in [0, 0.1) is 47.3 Å². The normalized spacial score (nSPS) is 28.9. The molecular weight excluding hydrogens is 1690 g/mol. The lowest BCUT2D eigenvalue weighted by Gasteiger charge is -2.59. The van der Waals surface area contributed by atoms with Gasteiger partial charge >= 0.3 is 53.7 Å². The van der Waals surface area contributed by atoms with Crippen LogP contribution in [-0.2, 0) is 114 Å². The maximum atomic E-state index is 13.4. The average Bonchev–Trinajstić information content (AvgIpc) is 1.34. The predicted octanol–water partition coefficient (Wildman–Crippen LogP) is 20.5. The monoisotopic (exact) mass is 1820 g/mol. The van der Waals surface area contributed by atoms with Crippen molar-refractivity contribution in [2.24, 2.45) is 47.3 Å². The van der Waals surface area contributed by atoms with Gasteiger partial charge < -0.3 is 67.0 Å². The first-order valence-corrected chi connectivity index (χ1v) is 48.2. The zero-order valence-corrected chi connectivity index (χ0v) is 79.9. The number of carbonyl (C=O) groups is 9. The van der Waals surface area contributed by atoms with E-state index in [9.17, 15) is 43.2 Å². The van der Waals surface area contributed by atoms with Gasteiger partial charge in [0, 0.05) is 127 Å². The van der Waals surface area contributed by atoms with Crippen molar-refractivity contribution in [3.05, 3.63) is 267 Å². The van der Waals surface area contributed by atoms with Gasteiger partial charge in [-0.3, -0.25) is 0 Å². The van der Waals surface area contributed by atoms with Crippen molar-refractivity contribution in [2.45, 2.75) is 251 Å². The number of methoxy groups -OCH3 is 1. The molecule has 0 atom stereocenters. The number of nitrogens with zero attached hydrogens (tertiary/aromatic N) is 4. The lowest BCUT2D eigenvalue weighted by atomic mass is 9.53. The summed E-state index contributed by atoms with van der Waals surface area (Å²) in [6.07, 6.45) is 30.3. The summed E-state index contributed by atoms with van der Waals surface area (Å²) in [4.78, 5) is 124. The molecule has 2 spiro atoms. The Hall–Kier alpha value is -12.3. The third-order valence-electron chi connectivity index (χ3n) is 30.3. The van der Waals surface area contributed by atoms with Crippen molar-refractivity contribution < 1.29 is 90.5 Å². The van der Waals surface area contributed by atoms with E-state index < -0.39 is 70.9 Å². The number of allylic oxidation sites excluding steroid dienone is 11. The standard InChI is InChI=1S/C34H35NO6.C33H37NO4.C27H29NO4.C17H25NO5/c1-33(2)27-6-4-5-7-28(27)35(19-20-8-10-23(11-9-20)30(36)39-3)29(33)13-12-26-31(37)40-34(41-32(26)38)24-15-21-14-22(17-24)18-25(34)16-21;1-4-5-14-34-27-12-10-22-8-6-7-9-25(22)29(27)32(2,3)28(34)13-11-26-30(35)37-33(38-31(26)36)23-16-20-15-21(18-23)19-24(33)17-20;1-5-6-18-28-22-15-11-10-14-21(22)26(2,3)23(28)17-16-20-24(29)31-27(4,32-25(20)30)19-12-8-7-9-13-19;1-6-7-10-18-13(21-11-16(18,2)3)9-8-12-14(19)22-17(4,5)23-15(12)20/h4-13,21-22,24-25H,14-19H2,1-3H3;6-13,20-21,23-24H,4-5,14-19H2,1-3H3;7-17H,5-6,18H2,1-4H3;8-9H,6-7,10-11H2,1-5H3/b26-12?,29-13+;26-11?,28-13+;20-16?,23-17+;13-9-. The number of unbranched alkanes of at least 4 members (excludes halogenated alkanes) is 3. The van der Waals surface area contributed by atoms with E-state index in [2.05, 4.69) is 156 Å². The van der Waals surface area contributed by atoms with E-state index >= 15 is 0 Å². The van der Waals surface area contributed by atoms with Gasteiger partial charge in [0.05, 0.1) is 18.2 Å². The van der Waals surface area contributed by atoms with Crippen LogP contribution in [0.4, 0.5) is 17.1 Å². The number of rotatable bonds is 17. The summed E-state index contributed by atoms with van der Waals surface area (Å²) >= 11 is 0. The second kappa shape index (κ2) is 36.5. The van der Waals surface area contributed by atoms with Crippen molar-refractivity contribution >= 4 is 81.6 Å². The van der Waals surface area contributed by atoms with E-state index in [0.29, 0.717) is 53.8 Å². The Kier molecular flexibility index (Phi) is 25.5. The fourth-order valence-electron chi connectivity index (χ4n) is 23.9. The molecular formula is C111H126N4O19. The van der Waals surface area contributed by atoms with Crippen molar-refractivity contribution in [1.82, 2.24) is 4.90 Å². The number of esters is 9. The topological polar surface area (TPSA) is 259 Å². The molecule has 134 heavy (non-hydrogen) atoms. The first-order chi connectivity index (χ1) is 63.9. The minimum atomic E-state index is -1.43. The Bertz CT molecular complexity index is 5810. The molecule has 13 fully saturated rings. The van der Waals surface area contributed by atoms with Gasteiger partial charge in [-0.25, -0.2) is 43.2 Å². The number of ether oxygens (including phenoxy) is 10. The van der Waals surface area contributed by atoms with Gasteiger partial charge in [-0.1, -0.05) is 191 Å². The minimum Gasteiger partial charge on any atom is -0.477 e. The summed E-state index contributed by atoms with van der Waals surface area (Å²) in [7, 11) is 1.37. The molecule has 8 bridgehead atoms. The van der Waals surface area contributed by atoms with Crippen LogP contribution >= 0.6 is 0 Å². The summed E-state index contributed by atoms with van der Waals surface area (Å²) in [5.74, 6) is -6.22. The number of para-hydroxylation sites is 2. The Morgan fingerprint density at radius 2 is 0.776 bits per heavy atom. The van der Waals surface area contributed by atoms with Gasteiger partial charge in [-0.2, -0.15) is 0 Å². The van der Waals surface area contributed by atoms with Gasteiger partial charge in [0.25, 0.3) is 23.1 Å². The molecule has 0 unspecified atom stereocenters. The van der Waals surface area contributed by atoms with Gasteiger partial charge in [0.1, 0.15) is 28.9 Å². The molecule has 22 rings (SSSR count). The molecule has 23 heteroatoms. The number of fused-ring (bicyclic) bond motifs is 5. The van der Waals surface area contributed by atoms with E-state index in [1.807, 2.05) is 72.8 Å². The Morgan fingerprint density at radius 1 is 0.388 bits per heavy atom. The summed E-state index contributed by atoms with van der Waals surface area (Å²) in [5, 5.41) is 2.46. The van der Waals surface area contributed by atoms with E-state index in [1.54, 1.807) is 49.4 Å². The molecule has 0 aromatic heterocycles. The fourth-order valence-corrected chi connectivity index (χ4v) is 23.9. The number of hydrogen-bond donors (Lipinski definition) is 0. The van der Waals surface area contributed by atoms with Crippen LogP contribution in [-0.4, -0.2) is 115 Å². The van der Waals surface area contributed by atoms with Crippen LogP contribution in [0.25, 0.3) is 10.8 Å². The molecule has 8 heterocycles. The highest BCUT2D eigenvalue weighted by Crippen LogP contribution is 2.64. The van der Waals surface area contributed by atoms with E-state index in [0.717, 1.165) is 143 Å². The van der Waals surface area contributed by atoms with Gasteiger partial charge in [0.2, 0.25) is 0 Å². The fraction of sp³-hybridized carbons (Fsp3) is 0.468. The molecule has 8 aliphatic heterocycles. The molecule has 6 aromatic carbocycles. The minimum absolute atomic E-state index is 0.00369. The van der Waals surface area contributed by atoms with Crippen molar-refractivity contribution in [3.63, 3.8) is 0 Å². The zero-order valence-electron chi connectivity index (χ0n) is 79.9. The number of anilines is 3. The molecule has 0 N–H and O–H groups in total. The average molecular weight is 1820 g/mol. The smallest absolute Gasteiger partial charge is 0.349 e. The molecule has 0 amide bonds. The number of carbonyl (C=O) groups excluding carboxylic acids is 9. The van der Waals surface area contributed by atoms with E-state index in [4.69, 9.17) is 47.4 Å². The van der Waals surface area contributed by atoms with Crippen LogP contribution < -0.4 is 14.7 Å². The van der Waals surface area contributed by atoms with Gasteiger partial charge in [-0.15, -0.1) is 0 Å². The summed E-state index contributed by atoms with van der Waals surface area (Å²) in [6.45, 7) is 32.1.